The number of hydrogen-bond acceptors (Lipinski definition) is 12. The second kappa shape index (κ2) is 66.5. The molecule has 0 unspecified atom stereocenters. The monoisotopic (exact) mass is 1270 g/mol. The Morgan fingerprint density at radius 2 is 0.255 bits per heavy atom. The predicted molar refractivity (Wildman–Crippen MR) is 394 cm³/mol. The van der Waals surface area contributed by atoms with Crippen LogP contribution in [0.3, 0.4) is 0 Å². The maximum atomic E-state index is 4.66. The molecule has 0 amide bonds. The van der Waals surface area contributed by atoms with Crippen molar-refractivity contribution >= 4 is 60.0 Å². The number of ether oxygens (including phenoxy) is 12. The molecular weight excluding hydrogens is 1170 g/mol. The Hall–Kier alpha value is -6.57. The largest absolute Gasteiger partial charge is 0.382 e. The van der Waals surface area contributed by atoms with Gasteiger partial charge < -0.3 is 56.8 Å². The van der Waals surface area contributed by atoms with Crippen molar-refractivity contribution in [3.05, 3.63) is 311 Å². The van der Waals surface area contributed by atoms with Crippen molar-refractivity contribution in [2.24, 2.45) is 0 Å². The second-order valence-electron chi connectivity index (χ2n) is 19.2. The Morgan fingerprint density at radius 3 is 0.330 bits per heavy atom. The molecule has 8 aromatic rings. The Balaban J connectivity index is 0. The van der Waals surface area contributed by atoms with Gasteiger partial charge in [0.05, 0.1) is 79.3 Å². The van der Waals surface area contributed by atoms with Gasteiger partial charge in [0.1, 0.15) is 0 Å². The van der Waals surface area contributed by atoms with Crippen molar-refractivity contribution in [3.63, 3.8) is 0 Å². The van der Waals surface area contributed by atoms with Gasteiger partial charge in [-0.15, -0.1) is 0 Å². The van der Waals surface area contributed by atoms with Gasteiger partial charge in [-0.3, -0.25) is 0 Å². The van der Waals surface area contributed by atoms with Gasteiger partial charge in [0.25, 0.3) is 0 Å². The summed E-state index contributed by atoms with van der Waals surface area (Å²) >= 11 is 0. The van der Waals surface area contributed by atoms with E-state index in [-0.39, 0.29) is 37.7 Å². The number of benzene rings is 8. The van der Waals surface area contributed by atoms with Crippen molar-refractivity contribution in [2.45, 2.75) is 0 Å². The maximum absolute atomic E-state index is 4.66. The number of rotatable bonds is 28. The third-order valence-electron chi connectivity index (χ3n) is 12.5. The van der Waals surface area contributed by atoms with Gasteiger partial charge in [-0.1, -0.05) is 267 Å². The summed E-state index contributed by atoms with van der Waals surface area (Å²) in [5.74, 6) is 0. The Bertz CT molecular complexity index is 2360. The minimum atomic E-state index is 0. The Morgan fingerprint density at radius 1 is 0.170 bits per heavy atom. The van der Waals surface area contributed by atoms with Gasteiger partial charge >= 0.3 is 0 Å². The van der Waals surface area contributed by atoms with Crippen LogP contribution in [0.2, 0.25) is 0 Å². The zero-order valence-electron chi connectivity index (χ0n) is 58.8. The molecule has 0 saturated heterocycles. The fraction of sp³-hybridized carbons (Fsp3) is 0.300. The molecular formula is C80H104Li2O12. The van der Waals surface area contributed by atoms with E-state index in [2.05, 4.69) is 324 Å². The van der Waals surface area contributed by atoms with Gasteiger partial charge in [-0.05, 0) is 66.8 Å². The molecule has 94 heavy (non-hydrogen) atoms. The van der Waals surface area contributed by atoms with Crippen molar-refractivity contribution in [3.8, 4) is 0 Å². The fourth-order valence-electron chi connectivity index (χ4n) is 7.71. The van der Waals surface area contributed by atoms with E-state index in [0.717, 1.165) is 0 Å². The van der Waals surface area contributed by atoms with Gasteiger partial charge in [-0.25, -0.2) is 0 Å². The van der Waals surface area contributed by atoms with Crippen LogP contribution in [0, 0.1) is 0 Å². The molecule has 0 fully saturated rings. The van der Waals surface area contributed by atoms with E-state index >= 15 is 0 Å². The number of hydrogen-bond donors (Lipinski definition) is 0. The number of allylic oxidation sites excluding steroid dienone is 4. The van der Waals surface area contributed by atoms with E-state index in [0.29, 0.717) is 79.3 Å². The molecule has 0 N–H and O–H groups in total. The van der Waals surface area contributed by atoms with Crippen molar-refractivity contribution in [1.82, 2.24) is 0 Å². The predicted octanol–water partition coefficient (Wildman–Crippen LogP) is 15.4. The van der Waals surface area contributed by atoms with Crippen LogP contribution in [0.15, 0.2) is 267 Å². The summed E-state index contributed by atoms with van der Waals surface area (Å²) in [6.07, 6.45) is 8.94. The van der Waals surface area contributed by atoms with E-state index in [1.54, 1.807) is 85.3 Å². The molecule has 14 heteroatoms. The van der Waals surface area contributed by atoms with Crippen molar-refractivity contribution < 1.29 is 56.8 Å². The zero-order chi connectivity index (χ0) is 67.0. The maximum Gasteiger partial charge on any atom is 0.0696 e. The quantitative estimate of drug-likeness (QED) is 0.0264. The van der Waals surface area contributed by atoms with Crippen LogP contribution in [0.4, 0.5) is 0 Å². The molecule has 2 radical (unpaired) electrons. The fourth-order valence-corrected chi connectivity index (χ4v) is 7.71. The summed E-state index contributed by atoms with van der Waals surface area (Å²) in [5.41, 5.74) is 14.6. The topological polar surface area (TPSA) is 111 Å². The van der Waals surface area contributed by atoms with Gasteiger partial charge in [0.15, 0.2) is 0 Å². The molecule has 8 rings (SSSR count). The van der Waals surface area contributed by atoms with Crippen LogP contribution in [-0.2, 0) is 56.8 Å². The molecule has 0 aliphatic rings. The summed E-state index contributed by atoms with van der Waals surface area (Å²) in [6.45, 7) is 8.29. The van der Waals surface area contributed by atoms with E-state index < -0.39 is 0 Å². The molecule has 0 aliphatic heterocycles. The van der Waals surface area contributed by atoms with Crippen molar-refractivity contribution in [2.75, 3.05) is 165 Å². The van der Waals surface area contributed by atoms with E-state index in [9.17, 15) is 0 Å². The summed E-state index contributed by atoms with van der Waals surface area (Å²) in [6, 6.07) is 84.5. The van der Waals surface area contributed by atoms with E-state index in [1.165, 1.54) is 66.8 Å². The molecule has 0 aromatic heterocycles. The average molecular weight is 1270 g/mol. The molecule has 12 nitrogen and oxygen atoms in total. The van der Waals surface area contributed by atoms with Crippen LogP contribution in [0.25, 0.3) is 22.3 Å². The summed E-state index contributed by atoms with van der Waals surface area (Å²) in [4.78, 5) is 0. The standard InChI is InChI=1S/2C28H22.6C4H10O2.2Li/c2*1-5-13-23(14-6-1)27(24-15-7-2-8-16-24)21-22-28(25-17-9-3-10-18-25)26-19-11-4-12-20-26;6*1-5-3-4-6-2;;/h2*1-22H;6*3-4H2,1-2H3;;. The molecule has 0 spiro atoms. The minimum absolute atomic E-state index is 0. The smallest absolute Gasteiger partial charge is 0.0696 e. The van der Waals surface area contributed by atoms with Crippen LogP contribution in [0.1, 0.15) is 44.5 Å². The first kappa shape index (κ1) is 89.5. The molecule has 0 bridgehead atoms. The summed E-state index contributed by atoms with van der Waals surface area (Å²) < 4.78 is 55.9. The summed E-state index contributed by atoms with van der Waals surface area (Å²) in [7, 11) is 19.8. The van der Waals surface area contributed by atoms with E-state index in [4.69, 9.17) is 0 Å². The molecule has 0 aliphatic carbocycles. The molecule has 498 valence electrons. The first-order chi connectivity index (χ1) is 45.3. The number of methoxy groups -OCH3 is 12. The zero-order valence-corrected chi connectivity index (χ0v) is 58.8. The molecule has 0 atom stereocenters. The van der Waals surface area contributed by atoms with E-state index in [1.807, 2.05) is 0 Å². The third-order valence-corrected chi connectivity index (χ3v) is 12.5. The first-order valence-corrected chi connectivity index (χ1v) is 30.5. The minimum Gasteiger partial charge on any atom is -0.382 e. The van der Waals surface area contributed by atoms with Crippen LogP contribution in [-0.4, -0.2) is 202 Å². The van der Waals surface area contributed by atoms with Gasteiger partial charge in [0.2, 0.25) is 0 Å². The van der Waals surface area contributed by atoms with Crippen LogP contribution in [0.5, 0.6) is 0 Å². The molecule has 8 aromatic carbocycles. The average Bonchev–Trinajstić information content (AvgIpc) is 1.09. The van der Waals surface area contributed by atoms with Crippen LogP contribution < -0.4 is 0 Å². The van der Waals surface area contributed by atoms with Crippen molar-refractivity contribution in [1.29, 1.82) is 0 Å². The van der Waals surface area contributed by atoms with Gasteiger partial charge in [0, 0.05) is 123 Å². The normalized spacial score (nSPS) is 9.49. The molecule has 0 saturated carbocycles. The SMILES string of the molecule is C(C=C(c1ccccc1)c1ccccc1)=C(c1ccccc1)c1ccccc1.C(C=C(c1ccccc1)c1ccccc1)=C(c1ccccc1)c1ccccc1.COCCOC.COCCOC.COCCOC.COCCOC.COCCOC.COCCOC.[Li].[Li]. The Labute approximate surface area is 589 Å². The second-order valence-corrected chi connectivity index (χ2v) is 19.2. The first-order valence-electron chi connectivity index (χ1n) is 30.5. The van der Waals surface area contributed by atoms with Crippen LogP contribution >= 0.6 is 0 Å². The molecule has 0 heterocycles. The third kappa shape index (κ3) is 44.2. The Kier molecular flexibility index (Phi) is 63.3. The van der Waals surface area contributed by atoms with Gasteiger partial charge in [-0.2, -0.15) is 0 Å². The summed E-state index contributed by atoms with van der Waals surface area (Å²) in [5, 5.41) is 0.